The second kappa shape index (κ2) is 6.15. The predicted octanol–water partition coefficient (Wildman–Crippen LogP) is 5.21. The SMILES string of the molecule is Cc1cccc(C)c1N(C)C(=O)c1cc2sccc2nc1C(F)(F)F. The topological polar surface area (TPSA) is 33.2 Å². The summed E-state index contributed by atoms with van der Waals surface area (Å²) < 4.78 is 40.9. The largest absolute Gasteiger partial charge is 0.434 e. The Morgan fingerprint density at radius 1 is 1.16 bits per heavy atom. The Balaban J connectivity index is 2.16. The summed E-state index contributed by atoms with van der Waals surface area (Å²) in [5.41, 5.74) is 0.883. The van der Waals surface area contributed by atoms with Crippen molar-refractivity contribution in [2.24, 2.45) is 0 Å². The average molecular weight is 364 g/mol. The maximum absolute atomic E-state index is 13.4. The number of benzene rings is 1. The number of hydrogen-bond donors (Lipinski definition) is 0. The third-order valence-corrected chi connectivity index (χ3v) is 4.87. The molecule has 7 heteroatoms. The monoisotopic (exact) mass is 364 g/mol. The average Bonchev–Trinajstić information content (AvgIpc) is 2.99. The minimum Gasteiger partial charge on any atom is -0.311 e. The van der Waals surface area contributed by atoms with Crippen molar-refractivity contribution < 1.29 is 18.0 Å². The highest BCUT2D eigenvalue weighted by atomic mass is 32.1. The lowest BCUT2D eigenvalue weighted by atomic mass is 10.1. The van der Waals surface area contributed by atoms with Crippen molar-refractivity contribution in [3.05, 3.63) is 58.1 Å². The first kappa shape index (κ1) is 17.4. The van der Waals surface area contributed by atoms with Gasteiger partial charge in [-0.25, -0.2) is 4.98 Å². The van der Waals surface area contributed by atoms with Crippen LogP contribution < -0.4 is 4.90 Å². The van der Waals surface area contributed by atoms with E-state index >= 15 is 0 Å². The quantitative estimate of drug-likeness (QED) is 0.625. The highest BCUT2D eigenvalue weighted by Crippen LogP contribution is 2.35. The van der Waals surface area contributed by atoms with Crippen LogP contribution in [0.5, 0.6) is 0 Å². The number of aromatic nitrogens is 1. The number of amides is 1. The van der Waals surface area contributed by atoms with Crippen LogP contribution in [0.3, 0.4) is 0 Å². The molecule has 2 aromatic heterocycles. The fraction of sp³-hybridized carbons (Fsp3) is 0.222. The molecule has 0 unspecified atom stereocenters. The normalized spacial score (nSPS) is 11.8. The second-order valence-corrected chi connectivity index (χ2v) is 6.74. The molecule has 1 amide bonds. The summed E-state index contributed by atoms with van der Waals surface area (Å²) in [4.78, 5) is 17.8. The molecule has 3 nitrogen and oxygen atoms in total. The third-order valence-electron chi connectivity index (χ3n) is 4.01. The number of hydrogen-bond acceptors (Lipinski definition) is 3. The Bertz CT molecular complexity index is 942. The van der Waals surface area contributed by atoms with Crippen molar-refractivity contribution >= 4 is 33.1 Å². The van der Waals surface area contributed by atoms with Gasteiger partial charge in [0, 0.05) is 12.7 Å². The first-order valence-corrected chi connectivity index (χ1v) is 8.38. The van der Waals surface area contributed by atoms with Crippen molar-refractivity contribution in [3.8, 4) is 0 Å². The second-order valence-electron chi connectivity index (χ2n) is 5.79. The summed E-state index contributed by atoms with van der Waals surface area (Å²) in [6.07, 6.45) is -4.71. The lowest BCUT2D eigenvalue weighted by Gasteiger charge is -2.23. The van der Waals surface area contributed by atoms with Gasteiger partial charge in [-0.05, 0) is 42.5 Å². The third kappa shape index (κ3) is 3.11. The lowest BCUT2D eigenvalue weighted by Crippen LogP contribution is -2.30. The summed E-state index contributed by atoms with van der Waals surface area (Å²) in [6, 6.07) is 8.27. The number of alkyl halides is 3. The molecule has 130 valence electrons. The van der Waals surface area contributed by atoms with Crippen LogP contribution in [0.4, 0.5) is 18.9 Å². The van der Waals surface area contributed by atoms with Crippen molar-refractivity contribution in [2.75, 3.05) is 11.9 Å². The Morgan fingerprint density at radius 2 is 1.80 bits per heavy atom. The number of rotatable bonds is 2. The first-order valence-electron chi connectivity index (χ1n) is 7.50. The Morgan fingerprint density at radius 3 is 2.40 bits per heavy atom. The predicted molar refractivity (Wildman–Crippen MR) is 93.3 cm³/mol. The number of para-hydroxylation sites is 1. The van der Waals surface area contributed by atoms with Crippen molar-refractivity contribution in [2.45, 2.75) is 20.0 Å². The van der Waals surface area contributed by atoms with Crippen molar-refractivity contribution in [1.82, 2.24) is 4.98 Å². The van der Waals surface area contributed by atoms with E-state index in [1.807, 2.05) is 32.0 Å². The Labute approximate surface area is 146 Å². The van der Waals surface area contributed by atoms with E-state index in [4.69, 9.17) is 0 Å². The molecule has 3 rings (SSSR count). The zero-order valence-corrected chi connectivity index (χ0v) is 14.6. The summed E-state index contributed by atoms with van der Waals surface area (Å²) >= 11 is 1.25. The summed E-state index contributed by atoms with van der Waals surface area (Å²) in [6.45, 7) is 3.63. The minimum absolute atomic E-state index is 0.239. The number of anilines is 1. The van der Waals surface area contributed by atoms with E-state index in [0.717, 1.165) is 11.1 Å². The fourth-order valence-corrected chi connectivity index (χ4v) is 3.65. The summed E-state index contributed by atoms with van der Waals surface area (Å²) in [5.74, 6) is -0.729. The molecule has 3 aromatic rings. The molecular formula is C18H15F3N2OS. The number of carbonyl (C=O) groups is 1. The number of fused-ring (bicyclic) bond motifs is 1. The van der Waals surface area contributed by atoms with Gasteiger partial charge in [0.1, 0.15) is 0 Å². The van der Waals surface area contributed by atoms with Crippen LogP contribution in [0.2, 0.25) is 0 Å². The molecule has 0 aliphatic carbocycles. The number of pyridine rings is 1. The molecule has 0 saturated carbocycles. The van der Waals surface area contributed by atoms with E-state index in [9.17, 15) is 18.0 Å². The van der Waals surface area contributed by atoms with Crippen LogP contribution in [0.15, 0.2) is 35.7 Å². The van der Waals surface area contributed by atoms with Gasteiger partial charge in [0.05, 0.1) is 15.8 Å². The minimum atomic E-state index is -4.71. The standard InChI is InChI=1S/C18H15F3N2OS/c1-10-5-4-6-11(2)15(10)23(3)17(24)12-9-14-13(7-8-25-14)22-16(12)18(19,20)21/h4-9H,1-3H3. The van der Waals surface area contributed by atoms with E-state index in [2.05, 4.69) is 4.98 Å². The maximum Gasteiger partial charge on any atom is 0.434 e. The van der Waals surface area contributed by atoms with Gasteiger partial charge < -0.3 is 4.90 Å². The Hall–Kier alpha value is -2.41. The molecule has 0 radical (unpaired) electrons. The van der Waals surface area contributed by atoms with E-state index in [-0.39, 0.29) is 5.52 Å². The number of thiophene rings is 1. The van der Waals surface area contributed by atoms with Gasteiger partial charge in [-0.1, -0.05) is 18.2 Å². The molecule has 0 saturated heterocycles. The number of nitrogens with zero attached hydrogens (tertiary/aromatic N) is 2. The Kier molecular flexibility index (Phi) is 4.28. The van der Waals surface area contributed by atoms with Crippen LogP contribution in [0, 0.1) is 13.8 Å². The molecule has 0 bridgehead atoms. The number of halogens is 3. The molecule has 25 heavy (non-hydrogen) atoms. The van der Waals surface area contributed by atoms with Gasteiger partial charge >= 0.3 is 6.18 Å². The van der Waals surface area contributed by atoms with Crippen molar-refractivity contribution in [1.29, 1.82) is 0 Å². The molecular weight excluding hydrogens is 349 g/mol. The maximum atomic E-state index is 13.4. The molecule has 0 spiro atoms. The van der Waals surface area contributed by atoms with E-state index in [1.165, 1.54) is 35.4 Å². The summed E-state index contributed by atoms with van der Waals surface area (Å²) in [5, 5.41) is 1.65. The fourth-order valence-electron chi connectivity index (χ4n) is 2.89. The van der Waals surface area contributed by atoms with E-state index in [0.29, 0.717) is 10.4 Å². The van der Waals surface area contributed by atoms with Gasteiger partial charge in [0.15, 0.2) is 5.69 Å². The summed E-state index contributed by atoms with van der Waals surface area (Å²) in [7, 11) is 1.48. The molecule has 0 aliphatic heterocycles. The van der Waals surface area contributed by atoms with Gasteiger partial charge in [0.2, 0.25) is 0 Å². The molecule has 0 aliphatic rings. The van der Waals surface area contributed by atoms with Crippen LogP contribution in [-0.4, -0.2) is 17.9 Å². The number of carbonyl (C=O) groups excluding carboxylic acids is 1. The zero-order valence-electron chi connectivity index (χ0n) is 13.8. The van der Waals surface area contributed by atoms with Crippen molar-refractivity contribution in [3.63, 3.8) is 0 Å². The smallest absolute Gasteiger partial charge is 0.311 e. The molecule has 1 aromatic carbocycles. The van der Waals surface area contributed by atoms with Crippen LogP contribution in [-0.2, 0) is 6.18 Å². The highest BCUT2D eigenvalue weighted by molar-refractivity contribution is 7.17. The molecule has 0 N–H and O–H groups in total. The van der Waals surface area contributed by atoms with Gasteiger partial charge in [-0.15, -0.1) is 11.3 Å². The van der Waals surface area contributed by atoms with E-state index < -0.39 is 23.3 Å². The molecule has 2 heterocycles. The molecule has 0 atom stereocenters. The van der Waals surface area contributed by atoms with E-state index in [1.54, 1.807) is 5.38 Å². The number of aryl methyl sites for hydroxylation is 2. The van der Waals surface area contributed by atoms with Gasteiger partial charge in [-0.2, -0.15) is 13.2 Å². The van der Waals surface area contributed by atoms with Crippen LogP contribution in [0.25, 0.3) is 10.2 Å². The van der Waals surface area contributed by atoms with Gasteiger partial charge in [0.25, 0.3) is 5.91 Å². The van der Waals surface area contributed by atoms with Crippen LogP contribution >= 0.6 is 11.3 Å². The zero-order chi connectivity index (χ0) is 18.4. The highest BCUT2D eigenvalue weighted by Gasteiger charge is 2.38. The first-order chi connectivity index (χ1) is 11.7. The van der Waals surface area contributed by atoms with Gasteiger partial charge in [-0.3, -0.25) is 4.79 Å². The molecule has 0 fully saturated rings. The van der Waals surface area contributed by atoms with Crippen LogP contribution in [0.1, 0.15) is 27.2 Å². The lowest BCUT2D eigenvalue weighted by molar-refractivity contribution is -0.141.